The minimum atomic E-state index is 0.739. The van der Waals surface area contributed by atoms with Crippen LogP contribution in [0, 0.1) is 0 Å². The van der Waals surface area contributed by atoms with Gasteiger partial charge in [0.05, 0.1) is 6.61 Å². The highest BCUT2D eigenvalue weighted by atomic mass is 35.5. The van der Waals surface area contributed by atoms with E-state index in [-0.39, 0.29) is 0 Å². The van der Waals surface area contributed by atoms with Gasteiger partial charge in [-0.15, -0.1) is 0 Å². The van der Waals surface area contributed by atoms with Crippen LogP contribution in [0.15, 0.2) is 18.2 Å². The summed E-state index contributed by atoms with van der Waals surface area (Å²) in [6.07, 6.45) is 2.01. The van der Waals surface area contributed by atoms with E-state index in [1.165, 1.54) is 5.56 Å². The van der Waals surface area contributed by atoms with Crippen molar-refractivity contribution in [3.63, 3.8) is 0 Å². The summed E-state index contributed by atoms with van der Waals surface area (Å²) in [4.78, 5) is 0. The monoisotopic (exact) mass is 198 g/mol. The molecule has 0 saturated carbocycles. The van der Waals surface area contributed by atoms with Gasteiger partial charge in [-0.25, -0.2) is 0 Å². The number of benzene rings is 1. The zero-order chi connectivity index (χ0) is 9.68. The van der Waals surface area contributed by atoms with E-state index >= 15 is 0 Å². The second kappa shape index (κ2) is 5.13. The fourth-order valence-electron chi connectivity index (χ4n) is 1.17. The van der Waals surface area contributed by atoms with E-state index in [9.17, 15) is 0 Å². The number of aryl methyl sites for hydroxylation is 1. The molecule has 0 spiro atoms. The molecular formula is C11H15ClO. The lowest BCUT2D eigenvalue weighted by atomic mass is 10.1. The van der Waals surface area contributed by atoms with Crippen molar-refractivity contribution in [1.29, 1.82) is 0 Å². The molecule has 0 heterocycles. The third-order valence-corrected chi connectivity index (χ3v) is 2.11. The normalized spacial score (nSPS) is 10.1. The molecule has 0 bridgehead atoms. The van der Waals surface area contributed by atoms with Gasteiger partial charge in [-0.1, -0.05) is 31.5 Å². The van der Waals surface area contributed by atoms with Crippen molar-refractivity contribution >= 4 is 11.6 Å². The number of rotatable bonds is 4. The molecule has 13 heavy (non-hydrogen) atoms. The molecule has 2 heteroatoms. The van der Waals surface area contributed by atoms with E-state index in [1.807, 2.05) is 18.2 Å². The van der Waals surface area contributed by atoms with Crippen molar-refractivity contribution in [1.82, 2.24) is 0 Å². The highest BCUT2D eigenvalue weighted by Gasteiger charge is 2.01. The predicted octanol–water partition coefficient (Wildman–Crippen LogP) is 3.69. The molecule has 0 atom stereocenters. The van der Waals surface area contributed by atoms with Gasteiger partial charge in [0.1, 0.15) is 5.75 Å². The van der Waals surface area contributed by atoms with Crippen LogP contribution in [0.25, 0.3) is 0 Å². The quantitative estimate of drug-likeness (QED) is 0.717. The Bertz CT molecular complexity index is 271. The van der Waals surface area contributed by atoms with Crippen molar-refractivity contribution in [3.8, 4) is 5.75 Å². The van der Waals surface area contributed by atoms with Gasteiger partial charge >= 0.3 is 0 Å². The third-order valence-electron chi connectivity index (χ3n) is 1.87. The molecule has 0 aliphatic carbocycles. The summed E-state index contributed by atoms with van der Waals surface area (Å²) in [6, 6.07) is 5.81. The second-order valence-electron chi connectivity index (χ2n) is 2.95. The SMILES string of the molecule is CCCOc1cc(Cl)ccc1CC. The lowest BCUT2D eigenvalue weighted by Crippen LogP contribution is -1.98. The second-order valence-corrected chi connectivity index (χ2v) is 3.39. The molecule has 0 unspecified atom stereocenters. The fourth-order valence-corrected chi connectivity index (χ4v) is 1.33. The summed E-state index contributed by atoms with van der Waals surface area (Å²) in [5.41, 5.74) is 1.22. The van der Waals surface area contributed by atoms with Crippen LogP contribution in [0.1, 0.15) is 25.8 Å². The zero-order valence-corrected chi connectivity index (χ0v) is 8.90. The highest BCUT2D eigenvalue weighted by molar-refractivity contribution is 6.30. The predicted molar refractivity (Wildman–Crippen MR) is 56.6 cm³/mol. The van der Waals surface area contributed by atoms with Gasteiger partial charge in [0.15, 0.2) is 0 Å². The highest BCUT2D eigenvalue weighted by Crippen LogP contribution is 2.23. The molecule has 0 N–H and O–H groups in total. The van der Waals surface area contributed by atoms with Gasteiger partial charge in [-0.3, -0.25) is 0 Å². The number of ether oxygens (including phenoxy) is 1. The van der Waals surface area contributed by atoms with Crippen LogP contribution in [0.3, 0.4) is 0 Å². The average Bonchev–Trinajstić information content (AvgIpc) is 2.15. The van der Waals surface area contributed by atoms with Crippen molar-refractivity contribution in [2.75, 3.05) is 6.61 Å². The van der Waals surface area contributed by atoms with E-state index < -0.39 is 0 Å². The fraction of sp³-hybridized carbons (Fsp3) is 0.455. The van der Waals surface area contributed by atoms with Crippen molar-refractivity contribution in [3.05, 3.63) is 28.8 Å². The van der Waals surface area contributed by atoms with Crippen LogP contribution < -0.4 is 4.74 Å². The van der Waals surface area contributed by atoms with E-state index in [2.05, 4.69) is 13.8 Å². The molecule has 0 aromatic heterocycles. The standard InChI is InChI=1S/C11H15ClO/c1-3-7-13-11-8-10(12)6-5-9(11)4-2/h5-6,8H,3-4,7H2,1-2H3. The Morgan fingerprint density at radius 3 is 2.69 bits per heavy atom. The first kappa shape index (κ1) is 10.4. The Morgan fingerprint density at radius 1 is 1.31 bits per heavy atom. The van der Waals surface area contributed by atoms with Crippen LogP contribution in [0.4, 0.5) is 0 Å². The first-order valence-electron chi connectivity index (χ1n) is 4.69. The van der Waals surface area contributed by atoms with Crippen LogP contribution in [-0.4, -0.2) is 6.61 Å². The van der Waals surface area contributed by atoms with Crippen LogP contribution in [0.5, 0.6) is 5.75 Å². The summed E-state index contributed by atoms with van der Waals surface area (Å²) < 4.78 is 5.57. The maximum absolute atomic E-state index is 5.87. The largest absolute Gasteiger partial charge is 0.493 e. The zero-order valence-electron chi connectivity index (χ0n) is 8.14. The maximum atomic E-state index is 5.87. The van der Waals surface area contributed by atoms with Gasteiger partial charge in [-0.05, 0) is 30.5 Å². The summed E-state index contributed by atoms with van der Waals surface area (Å²) in [7, 11) is 0. The molecule has 0 aliphatic heterocycles. The van der Waals surface area contributed by atoms with Crippen LogP contribution >= 0.6 is 11.6 Å². The van der Waals surface area contributed by atoms with Crippen molar-refractivity contribution < 1.29 is 4.74 Å². The Morgan fingerprint density at radius 2 is 2.08 bits per heavy atom. The Kier molecular flexibility index (Phi) is 4.10. The smallest absolute Gasteiger partial charge is 0.123 e. The van der Waals surface area contributed by atoms with Gasteiger partial charge in [0, 0.05) is 5.02 Å². The number of halogens is 1. The molecule has 0 saturated heterocycles. The molecule has 1 rings (SSSR count). The van der Waals surface area contributed by atoms with E-state index in [1.54, 1.807) is 0 Å². The van der Waals surface area contributed by atoms with Crippen LogP contribution in [-0.2, 0) is 6.42 Å². The molecule has 1 aromatic rings. The van der Waals surface area contributed by atoms with Crippen molar-refractivity contribution in [2.45, 2.75) is 26.7 Å². The minimum Gasteiger partial charge on any atom is -0.493 e. The van der Waals surface area contributed by atoms with Crippen molar-refractivity contribution in [2.24, 2.45) is 0 Å². The first-order valence-corrected chi connectivity index (χ1v) is 5.07. The topological polar surface area (TPSA) is 9.23 Å². The van der Waals surface area contributed by atoms with Gasteiger partial charge < -0.3 is 4.74 Å². The molecular weight excluding hydrogens is 184 g/mol. The van der Waals surface area contributed by atoms with Gasteiger partial charge in [0.25, 0.3) is 0 Å². The first-order chi connectivity index (χ1) is 6.27. The average molecular weight is 199 g/mol. The Labute approximate surface area is 84.7 Å². The van der Waals surface area contributed by atoms with Crippen LogP contribution in [0.2, 0.25) is 5.02 Å². The third kappa shape index (κ3) is 2.92. The Hall–Kier alpha value is -0.690. The molecule has 72 valence electrons. The summed E-state index contributed by atoms with van der Waals surface area (Å²) in [5, 5.41) is 0.739. The van der Waals surface area contributed by atoms with Gasteiger partial charge in [0.2, 0.25) is 0 Å². The molecule has 0 fully saturated rings. The lowest BCUT2D eigenvalue weighted by molar-refractivity contribution is 0.314. The summed E-state index contributed by atoms with van der Waals surface area (Å²) in [6.45, 7) is 4.96. The maximum Gasteiger partial charge on any atom is 0.123 e. The number of hydrogen-bond acceptors (Lipinski definition) is 1. The lowest BCUT2D eigenvalue weighted by Gasteiger charge is -2.09. The van der Waals surface area contributed by atoms with E-state index in [0.717, 1.165) is 30.2 Å². The Balaban J connectivity index is 2.81. The molecule has 1 nitrogen and oxygen atoms in total. The number of hydrogen-bond donors (Lipinski definition) is 0. The molecule has 1 aromatic carbocycles. The minimum absolute atomic E-state index is 0.739. The summed E-state index contributed by atoms with van der Waals surface area (Å²) >= 11 is 5.87. The van der Waals surface area contributed by atoms with Gasteiger partial charge in [-0.2, -0.15) is 0 Å². The molecule has 0 aliphatic rings. The van der Waals surface area contributed by atoms with E-state index in [4.69, 9.17) is 16.3 Å². The molecule has 0 radical (unpaired) electrons. The summed E-state index contributed by atoms with van der Waals surface area (Å²) in [5.74, 6) is 0.928. The molecule has 0 amide bonds. The van der Waals surface area contributed by atoms with E-state index in [0.29, 0.717) is 0 Å².